The molecule has 1 aliphatic heterocycles. The molecular weight excluding hydrogens is 456 g/mol. The van der Waals surface area contributed by atoms with E-state index in [9.17, 15) is 5.11 Å². The van der Waals surface area contributed by atoms with Crippen LogP contribution in [0.3, 0.4) is 0 Å². The van der Waals surface area contributed by atoms with Crippen molar-refractivity contribution in [1.82, 2.24) is 5.32 Å². The quantitative estimate of drug-likeness (QED) is 0.490. The van der Waals surface area contributed by atoms with Gasteiger partial charge in [0.2, 0.25) is 0 Å². The zero-order valence-electron chi connectivity index (χ0n) is 20.9. The van der Waals surface area contributed by atoms with Crippen LogP contribution in [0, 0.1) is 5.92 Å². The van der Waals surface area contributed by atoms with Crippen molar-refractivity contribution in [3.63, 3.8) is 0 Å². The maximum Gasteiger partial charge on any atom is 0.129 e. The van der Waals surface area contributed by atoms with Crippen molar-refractivity contribution >= 4 is 5.71 Å². The maximum absolute atomic E-state index is 10.9. The van der Waals surface area contributed by atoms with E-state index in [0.717, 1.165) is 37.0 Å². The molecule has 3 atom stereocenters. The fraction of sp³-hybridized carbons (Fsp3) is 0.242. The summed E-state index contributed by atoms with van der Waals surface area (Å²) in [6.45, 7) is 0. The second kappa shape index (κ2) is 8.89. The standard InChI is InChI=1S/C33H30N2O2/c1-37-24-14-17-27(30(36)18-24)33-34-28(20-6-3-2-4-7-20)19-29(35-33)25-15-12-23-11-10-21-8-5-9-22-13-16-26(25)32(23)31(21)22/h2-8,12-18,28,32-34,36H,9-11,19H2,1H3. The monoisotopic (exact) mass is 486 g/mol. The molecule has 37 heavy (non-hydrogen) atoms. The number of nitrogens with zero attached hydrogens (tertiary/aromatic N) is 1. The number of rotatable bonds is 4. The highest BCUT2D eigenvalue weighted by atomic mass is 16.5. The maximum atomic E-state index is 10.9. The summed E-state index contributed by atoms with van der Waals surface area (Å²) in [5.74, 6) is 1.16. The minimum atomic E-state index is -0.361. The summed E-state index contributed by atoms with van der Waals surface area (Å²) in [5, 5.41) is 14.6. The third-order valence-electron chi connectivity index (χ3n) is 8.33. The number of phenols is 1. The highest BCUT2D eigenvalue weighted by Gasteiger charge is 2.38. The van der Waals surface area contributed by atoms with Gasteiger partial charge in [0, 0.05) is 35.7 Å². The molecule has 184 valence electrons. The number of methoxy groups -OCH3 is 1. The van der Waals surface area contributed by atoms with E-state index in [1.807, 2.05) is 18.2 Å². The Bertz CT molecular complexity index is 1500. The van der Waals surface area contributed by atoms with Crippen molar-refractivity contribution in [3.05, 3.63) is 130 Å². The van der Waals surface area contributed by atoms with Gasteiger partial charge in [-0.25, -0.2) is 0 Å². The zero-order chi connectivity index (χ0) is 24.9. The minimum Gasteiger partial charge on any atom is -0.507 e. The van der Waals surface area contributed by atoms with E-state index in [1.54, 1.807) is 13.2 Å². The normalized spacial score (nSPS) is 25.9. The van der Waals surface area contributed by atoms with Gasteiger partial charge in [-0.2, -0.15) is 0 Å². The molecule has 2 N–H and O–H groups in total. The Hall–Kier alpha value is -3.89. The van der Waals surface area contributed by atoms with Crippen LogP contribution < -0.4 is 10.1 Å². The van der Waals surface area contributed by atoms with E-state index in [4.69, 9.17) is 9.73 Å². The second-order valence-electron chi connectivity index (χ2n) is 10.4. The van der Waals surface area contributed by atoms with Crippen LogP contribution in [0.1, 0.15) is 49.0 Å². The van der Waals surface area contributed by atoms with Gasteiger partial charge in [0.25, 0.3) is 0 Å². The van der Waals surface area contributed by atoms with Crippen LogP contribution in [0.15, 0.2) is 123 Å². The summed E-state index contributed by atoms with van der Waals surface area (Å²) >= 11 is 0. The zero-order valence-corrected chi connectivity index (χ0v) is 20.9. The molecule has 0 spiro atoms. The Labute approximate surface area is 217 Å². The first-order valence-corrected chi connectivity index (χ1v) is 13.2. The Kier molecular flexibility index (Phi) is 5.37. The van der Waals surface area contributed by atoms with E-state index in [1.165, 1.54) is 39.0 Å². The van der Waals surface area contributed by atoms with Crippen LogP contribution in [0.5, 0.6) is 11.5 Å². The van der Waals surface area contributed by atoms with Gasteiger partial charge in [-0.1, -0.05) is 72.4 Å². The fourth-order valence-electron chi connectivity index (χ4n) is 6.51. The van der Waals surface area contributed by atoms with Crippen molar-refractivity contribution < 1.29 is 9.84 Å². The Balaban J connectivity index is 1.33. The molecular formula is C33H30N2O2. The molecule has 4 nitrogen and oxygen atoms in total. The van der Waals surface area contributed by atoms with Crippen LogP contribution in [0.25, 0.3) is 0 Å². The van der Waals surface area contributed by atoms with Crippen molar-refractivity contribution in [1.29, 1.82) is 0 Å². The molecule has 7 rings (SSSR count). The highest BCUT2D eigenvalue weighted by Crippen LogP contribution is 2.51. The van der Waals surface area contributed by atoms with Gasteiger partial charge >= 0.3 is 0 Å². The van der Waals surface area contributed by atoms with Crippen LogP contribution in [0.2, 0.25) is 0 Å². The lowest BCUT2D eigenvalue weighted by Gasteiger charge is -2.41. The minimum absolute atomic E-state index is 0.0838. The summed E-state index contributed by atoms with van der Waals surface area (Å²) in [7, 11) is 1.61. The summed E-state index contributed by atoms with van der Waals surface area (Å²) in [4.78, 5) is 5.24. The molecule has 1 heterocycles. The number of benzene rings is 2. The van der Waals surface area contributed by atoms with Crippen molar-refractivity contribution in [2.24, 2.45) is 10.9 Å². The van der Waals surface area contributed by atoms with Crippen LogP contribution in [0.4, 0.5) is 0 Å². The van der Waals surface area contributed by atoms with E-state index < -0.39 is 0 Å². The van der Waals surface area contributed by atoms with Gasteiger partial charge in [-0.05, 0) is 64.8 Å². The van der Waals surface area contributed by atoms with E-state index in [-0.39, 0.29) is 18.0 Å². The average Bonchev–Trinajstić information content (AvgIpc) is 2.96. The van der Waals surface area contributed by atoms with Gasteiger partial charge in [-0.3, -0.25) is 10.3 Å². The second-order valence-corrected chi connectivity index (χ2v) is 10.4. The molecule has 4 heteroatoms. The third-order valence-corrected chi connectivity index (χ3v) is 8.33. The molecule has 3 unspecified atom stereocenters. The number of hydrogen-bond acceptors (Lipinski definition) is 4. The van der Waals surface area contributed by atoms with Gasteiger partial charge < -0.3 is 9.84 Å². The molecule has 4 aliphatic carbocycles. The van der Waals surface area contributed by atoms with E-state index in [0.29, 0.717) is 11.7 Å². The fourth-order valence-corrected chi connectivity index (χ4v) is 6.51. The highest BCUT2D eigenvalue weighted by molar-refractivity contribution is 6.06. The lowest BCUT2D eigenvalue weighted by Crippen LogP contribution is -2.35. The number of allylic oxidation sites excluding steroid dienone is 12. The van der Waals surface area contributed by atoms with Crippen molar-refractivity contribution in [2.75, 3.05) is 7.11 Å². The molecule has 0 bridgehead atoms. The molecule has 0 saturated carbocycles. The lowest BCUT2D eigenvalue weighted by atomic mass is 9.64. The number of aromatic hydroxyl groups is 1. The summed E-state index contributed by atoms with van der Waals surface area (Å²) in [5.41, 5.74) is 11.7. The number of ether oxygens (including phenoxy) is 1. The molecule has 0 aromatic heterocycles. The van der Waals surface area contributed by atoms with Crippen molar-refractivity contribution in [3.8, 4) is 11.5 Å². The van der Waals surface area contributed by atoms with Crippen LogP contribution in [-0.4, -0.2) is 17.9 Å². The topological polar surface area (TPSA) is 53.8 Å². The molecule has 2 aromatic carbocycles. The first-order chi connectivity index (χ1) is 18.2. The molecule has 0 fully saturated rings. The van der Waals surface area contributed by atoms with Gasteiger partial charge in [0.15, 0.2) is 0 Å². The predicted molar refractivity (Wildman–Crippen MR) is 148 cm³/mol. The summed E-state index contributed by atoms with van der Waals surface area (Å²) in [6.07, 6.45) is 17.7. The summed E-state index contributed by atoms with van der Waals surface area (Å²) < 4.78 is 5.32. The first-order valence-electron chi connectivity index (χ1n) is 13.2. The molecule has 5 aliphatic rings. The largest absolute Gasteiger partial charge is 0.507 e. The molecule has 0 saturated heterocycles. The van der Waals surface area contributed by atoms with Gasteiger partial charge in [0.05, 0.1) is 7.11 Å². The number of phenolic OH excluding ortho intramolecular Hbond substituents is 1. The predicted octanol–water partition coefficient (Wildman–Crippen LogP) is 6.97. The Morgan fingerprint density at radius 1 is 1.00 bits per heavy atom. The Morgan fingerprint density at radius 2 is 1.89 bits per heavy atom. The molecule has 0 amide bonds. The van der Waals surface area contributed by atoms with Crippen LogP contribution in [-0.2, 0) is 0 Å². The lowest BCUT2D eigenvalue weighted by molar-refractivity contribution is 0.395. The van der Waals surface area contributed by atoms with Crippen LogP contribution >= 0.6 is 0 Å². The number of nitrogens with one attached hydrogen (secondary N) is 1. The van der Waals surface area contributed by atoms with E-state index in [2.05, 4.69) is 66.0 Å². The molecule has 0 radical (unpaired) electrons. The smallest absolute Gasteiger partial charge is 0.129 e. The SMILES string of the molecule is COc1ccc(C2N=C(C3=CC=C4CCC5=C6C(=CC=C3C46)CC=C5)CC(c3ccccc3)N2)c(O)c1. The van der Waals surface area contributed by atoms with E-state index >= 15 is 0 Å². The average molecular weight is 487 g/mol. The third kappa shape index (κ3) is 3.75. The number of hydrogen-bond donors (Lipinski definition) is 2. The Morgan fingerprint density at radius 3 is 2.73 bits per heavy atom. The number of aliphatic imine (C=N–C) groups is 1. The summed E-state index contributed by atoms with van der Waals surface area (Å²) in [6, 6.07) is 16.1. The van der Waals surface area contributed by atoms with Gasteiger partial charge in [-0.15, -0.1) is 0 Å². The van der Waals surface area contributed by atoms with Crippen molar-refractivity contribution in [2.45, 2.75) is 37.9 Å². The first kappa shape index (κ1) is 22.3. The molecule has 2 aromatic rings. The van der Waals surface area contributed by atoms with Gasteiger partial charge in [0.1, 0.15) is 17.7 Å².